The summed E-state index contributed by atoms with van der Waals surface area (Å²) in [6, 6.07) is 9.44. The van der Waals surface area contributed by atoms with Crippen LogP contribution in [0.3, 0.4) is 0 Å². The highest BCUT2D eigenvalue weighted by Crippen LogP contribution is 2.34. The van der Waals surface area contributed by atoms with Crippen molar-refractivity contribution in [3.05, 3.63) is 58.9 Å². The summed E-state index contributed by atoms with van der Waals surface area (Å²) in [7, 11) is -3.94. The summed E-state index contributed by atoms with van der Waals surface area (Å²) in [6.07, 6.45) is 13.4. The van der Waals surface area contributed by atoms with Crippen LogP contribution in [0.2, 0.25) is 5.02 Å². The Kier molecular flexibility index (Phi) is 18.2. The molecule has 1 unspecified atom stereocenters. The van der Waals surface area contributed by atoms with Gasteiger partial charge in [0.15, 0.2) is 5.88 Å². The largest absolute Gasteiger partial charge is 0.508 e. The molecule has 270 valence electrons. The number of sulfonamides is 1. The van der Waals surface area contributed by atoms with E-state index in [0.717, 1.165) is 24.8 Å². The van der Waals surface area contributed by atoms with Gasteiger partial charge in [0.25, 0.3) is 0 Å². The van der Waals surface area contributed by atoms with E-state index in [4.69, 9.17) is 25.8 Å². The van der Waals surface area contributed by atoms with E-state index in [2.05, 4.69) is 17.0 Å². The number of phenols is 1. The SMILES string of the molecule is CCCCCCCCCCCCC(CNS(=O)(=O)c1ccc(NC(=CC(=O)OCC)OCC)c(Cl)c1)Oc1ccc(O)c(C(C)(C)C)c1. The van der Waals surface area contributed by atoms with Crippen LogP contribution in [0.25, 0.3) is 0 Å². The zero-order valence-corrected chi connectivity index (χ0v) is 31.3. The Morgan fingerprint density at radius 3 is 2.10 bits per heavy atom. The number of benzene rings is 2. The van der Waals surface area contributed by atoms with Crippen molar-refractivity contribution < 1.29 is 32.5 Å². The van der Waals surface area contributed by atoms with Crippen molar-refractivity contribution >= 4 is 33.3 Å². The van der Waals surface area contributed by atoms with Crippen LogP contribution in [-0.2, 0) is 29.7 Å². The van der Waals surface area contributed by atoms with E-state index in [1.54, 1.807) is 26.0 Å². The maximum atomic E-state index is 13.4. The van der Waals surface area contributed by atoms with Gasteiger partial charge in [0.1, 0.15) is 17.6 Å². The molecule has 2 aromatic carbocycles. The number of ether oxygens (including phenoxy) is 3. The summed E-state index contributed by atoms with van der Waals surface area (Å²) in [4.78, 5) is 11.9. The van der Waals surface area contributed by atoms with Crippen molar-refractivity contribution in [2.24, 2.45) is 0 Å². The van der Waals surface area contributed by atoms with Gasteiger partial charge in [-0.2, -0.15) is 0 Å². The maximum absolute atomic E-state index is 13.4. The van der Waals surface area contributed by atoms with Gasteiger partial charge < -0.3 is 24.6 Å². The molecule has 0 heterocycles. The van der Waals surface area contributed by atoms with Crippen LogP contribution in [0.15, 0.2) is 53.3 Å². The summed E-state index contributed by atoms with van der Waals surface area (Å²) in [5.41, 5.74) is 0.824. The lowest BCUT2D eigenvalue weighted by Gasteiger charge is -2.24. The van der Waals surface area contributed by atoms with E-state index in [9.17, 15) is 18.3 Å². The molecule has 0 aromatic heterocycles. The van der Waals surface area contributed by atoms with Crippen molar-refractivity contribution in [1.82, 2.24) is 4.72 Å². The van der Waals surface area contributed by atoms with Crippen molar-refractivity contribution in [3.8, 4) is 11.5 Å². The highest BCUT2D eigenvalue weighted by atomic mass is 35.5. The van der Waals surface area contributed by atoms with E-state index in [-0.39, 0.29) is 46.7 Å². The van der Waals surface area contributed by atoms with Crippen LogP contribution in [0.1, 0.15) is 118 Å². The van der Waals surface area contributed by atoms with E-state index < -0.39 is 22.1 Å². The fourth-order valence-corrected chi connectivity index (χ4v) is 6.57. The average Bonchev–Trinajstić information content (AvgIpc) is 3.02. The summed E-state index contributed by atoms with van der Waals surface area (Å²) in [5, 5.41) is 13.5. The van der Waals surface area contributed by atoms with E-state index in [1.807, 2.05) is 26.8 Å². The molecule has 0 amide bonds. The maximum Gasteiger partial charge on any atom is 0.336 e. The Balaban J connectivity index is 2.12. The molecule has 2 aromatic rings. The Bertz CT molecular complexity index is 1410. The van der Waals surface area contributed by atoms with Gasteiger partial charge in [0.2, 0.25) is 10.0 Å². The van der Waals surface area contributed by atoms with Crippen molar-refractivity contribution in [2.45, 2.75) is 129 Å². The minimum absolute atomic E-state index is 0.0114. The van der Waals surface area contributed by atoms with E-state index >= 15 is 0 Å². The fourth-order valence-electron chi connectivity index (χ4n) is 5.19. The van der Waals surface area contributed by atoms with Gasteiger partial charge in [-0.1, -0.05) is 97.1 Å². The molecule has 0 aliphatic rings. The molecule has 0 spiro atoms. The molecule has 9 nitrogen and oxygen atoms in total. The Morgan fingerprint density at radius 2 is 1.52 bits per heavy atom. The quantitative estimate of drug-likeness (QED) is 0.0452. The summed E-state index contributed by atoms with van der Waals surface area (Å²) in [6.45, 7) is 12.3. The molecule has 3 N–H and O–H groups in total. The number of nitrogens with one attached hydrogen (secondary N) is 2. The molecule has 0 saturated carbocycles. The second kappa shape index (κ2) is 21.2. The summed E-state index contributed by atoms with van der Waals surface area (Å²) in [5.74, 6) is 0.321. The molecule has 1 atom stereocenters. The van der Waals surface area contributed by atoms with Gasteiger partial charge in [0.05, 0.1) is 34.9 Å². The first kappa shape index (κ1) is 41.2. The third-order valence-corrected chi connectivity index (χ3v) is 9.54. The van der Waals surface area contributed by atoms with Crippen LogP contribution < -0.4 is 14.8 Å². The Morgan fingerprint density at radius 1 is 0.896 bits per heavy atom. The average molecular weight is 709 g/mol. The highest BCUT2D eigenvalue weighted by Gasteiger charge is 2.22. The van der Waals surface area contributed by atoms with Gasteiger partial charge in [-0.05, 0) is 68.5 Å². The summed E-state index contributed by atoms with van der Waals surface area (Å²) >= 11 is 6.47. The lowest BCUT2D eigenvalue weighted by Crippen LogP contribution is -2.35. The Labute approximate surface area is 293 Å². The lowest BCUT2D eigenvalue weighted by atomic mass is 9.86. The van der Waals surface area contributed by atoms with Crippen LogP contribution >= 0.6 is 11.6 Å². The zero-order chi connectivity index (χ0) is 35.6. The number of unbranched alkanes of at least 4 members (excludes halogenated alkanes) is 9. The minimum atomic E-state index is -3.94. The van der Waals surface area contributed by atoms with E-state index in [1.165, 1.54) is 69.2 Å². The number of hydrogen-bond acceptors (Lipinski definition) is 8. The fraction of sp³-hybridized carbons (Fsp3) is 0.595. The zero-order valence-electron chi connectivity index (χ0n) is 29.7. The third kappa shape index (κ3) is 15.1. The van der Waals surface area contributed by atoms with Gasteiger partial charge >= 0.3 is 5.97 Å². The van der Waals surface area contributed by atoms with Crippen LogP contribution in [0.5, 0.6) is 11.5 Å². The second-order valence-corrected chi connectivity index (χ2v) is 15.1. The van der Waals surface area contributed by atoms with Crippen molar-refractivity contribution in [2.75, 3.05) is 25.1 Å². The Hall–Kier alpha value is -2.95. The van der Waals surface area contributed by atoms with Crippen LogP contribution in [0, 0.1) is 0 Å². The first-order chi connectivity index (χ1) is 22.8. The third-order valence-electron chi connectivity index (χ3n) is 7.80. The number of anilines is 1. The molecule has 11 heteroatoms. The molecule has 2 rings (SSSR count). The number of halogens is 1. The molecular formula is C37H57ClN2O7S. The topological polar surface area (TPSA) is 123 Å². The molecule has 0 bridgehead atoms. The molecule has 0 aliphatic carbocycles. The molecule has 0 radical (unpaired) electrons. The van der Waals surface area contributed by atoms with Gasteiger partial charge in [-0.15, -0.1) is 0 Å². The second-order valence-electron chi connectivity index (χ2n) is 13.0. The van der Waals surface area contributed by atoms with E-state index in [0.29, 0.717) is 17.9 Å². The van der Waals surface area contributed by atoms with Gasteiger partial charge in [-0.3, -0.25) is 0 Å². The number of hydrogen-bond donors (Lipinski definition) is 3. The molecule has 0 saturated heterocycles. The van der Waals surface area contributed by atoms with Gasteiger partial charge in [-0.25, -0.2) is 17.9 Å². The van der Waals surface area contributed by atoms with Gasteiger partial charge in [0, 0.05) is 12.1 Å². The summed E-state index contributed by atoms with van der Waals surface area (Å²) < 4.78 is 46.3. The minimum Gasteiger partial charge on any atom is -0.508 e. The molecule has 48 heavy (non-hydrogen) atoms. The number of phenolic OH excluding ortho intramolecular Hbond substituents is 1. The number of carbonyl (C=O) groups excluding carboxylic acids is 1. The lowest BCUT2D eigenvalue weighted by molar-refractivity contribution is -0.137. The van der Waals surface area contributed by atoms with Crippen LogP contribution in [-0.4, -0.2) is 45.4 Å². The first-order valence-corrected chi connectivity index (χ1v) is 19.2. The number of rotatable bonds is 23. The molecule has 0 aliphatic heterocycles. The van der Waals surface area contributed by atoms with Crippen molar-refractivity contribution in [3.63, 3.8) is 0 Å². The predicted octanol–water partition coefficient (Wildman–Crippen LogP) is 9.23. The smallest absolute Gasteiger partial charge is 0.336 e. The molecular weight excluding hydrogens is 652 g/mol. The van der Waals surface area contributed by atoms with Crippen LogP contribution in [0.4, 0.5) is 5.69 Å². The number of esters is 1. The predicted molar refractivity (Wildman–Crippen MR) is 194 cm³/mol. The van der Waals surface area contributed by atoms with Crippen molar-refractivity contribution in [1.29, 1.82) is 0 Å². The first-order valence-electron chi connectivity index (χ1n) is 17.4. The highest BCUT2D eigenvalue weighted by molar-refractivity contribution is 7.89. The number of carbonyl (C=O) groups is 1. The number of aromatic hydroxyl groups is 1. The normalized spacial score (nSPS) is 12.9. The molecule has 0 fully saturated rings. The monoisotopic (exact) mass is 708 g/mol. The standard InChI is InChI=1S/C37H57ClN2O7S/c1-7-10-11-12-13-14-15-16-17-18-19-29(47-28-20-23-34(41)31(24-28)37(4,5)6)27-39-48(43,44)30-21-22-33(32(38)25-30)40-35(45-8-2)26-36(42)46-9-3/h20-26,29,39-41H,7-19,27H2,1-6H3.